The van der Waals surface area contributed by atoms with Gasteiger partial charge in [-0.15, -0.1) is 0 Å². The lowest BCUT2D eigenvalue weighted by molar-refractivity contribution is -0.385. The van der Waals surface area contributed by atoms with E-state index in [0.29, 0.717) is 22.7 Å². The highest BCUT2D eigenvalue weighted by atomic mass is 16.7. The van der Waals surface area contributed by atoms with E-state index in [9.17, 15) is 19.7 Å². The van der Waals surface area contributed by atoms with Gasteiger partial charge in [-0.2, -0.15) is 0 Å². The van der Waals surface area contributed by atoms with E-state index in [1.54, 1.807) is 66.7 Å². The van der Waals surface area contributed by atoms with Gasteiger partial charge in [0, 0.05) is 12.1 Å². The molecule has 5 rings (SSSR count). The fraction of sp³-hybridized carbons (Fsp3) is 0.167. The van der Waals surface area contributed by atoms with Gasteiger partial charge in [-0.1, -0.05) is 36.4 Å². The second kappa shape index (κ2) is 8.03. The predicted molar refractivity (Wildman–Crippen MR) is 119 cm³/mol. The molecule has 0 N–H and O–H groups in total. The van der Waals surface area contributed by atoms with E-state index < -0.39 is 34.8 Å². The van der Waals surface area contributed by atoms with Gasteiger partial charge in [-0.05, 0) is 30.3 Å². The van der Waals surface area contributed by atoms with Gasteiger partial charge in [0.05, 0.1) is 29.0 Å². The monoisotopic (exact) mass is 445 g/mol. The van der Waals surface area contributed by atoms with Crippen molar-refractivity contribution in [3.05, 3.63) is 94.5 Å². The summed E-state index contributed by atoms with van der Waals surface area (Å²) in [6, 6.07) is 20.9. The van der Waals surface area contributed by atoms with Crippen LogP contribution in [0.4, 0.5) is 17.1 Å². The standard InChI is InChI=1S/C24H19N3O6/c1-32-17-11-7-10-16(14-17)25-23(28)20-21(18-12-5-6-13-19(18)27(30)31)26(33-22(20)24(25)29)15-8-3-2-4-9-15/h2-14,20-22H,1H3/t20-,21-,22-/m0/s1. The number of rotatable bonds is 5. The van der Waals surface area contributed by atoms with E-state index >= 15 is 0 Å². The predicted octanol–water partition coefficient (Wildman–Crippen LogP) is 3.65. The molecule has 2 saturated heterocycles. The van der Waals surface area contributed by atoms with Gasteiger partial charge in [0.15, 0.2) is 6.10 Å². The first-order valence-corrected chi connectivity index (χ1v) is 10.3. The highest BCUT2D eigenvalue weighted by molar-refractivity contribution is 6.24. The Bertz CT molecular complexity index is 1250. The van der Waals surface area contributed by atoms with Gasteiger partial charge in [0.1, 0.15) is 17.7 Å². The Kier molecular flexibility index (Phi) is 5.02. The molecule has 0 bridgehead atoms. The molecule has 0 aromatic heterocycles. The molecule has 0 spiro atoms. The van der Waals surface area contributed by atoms with Crippen molar-refractivity contribution in [1.29, 1.82) is 0 Å². The minimum Gasteiger partial charge on any atom is -0.497 e. The molecule has 0 unspecified atom stereocenters. The molecule has 0 saturated carbocycles. The summed E-state index contributed by atoms with van der Waals surface area (Å²) in [7, 11) is 1.49. The molecule has 2 aliphatic rings. The Morgan fingerprint density at radius 1 is 0.909 bits per heavy atom. The molecule has 166 valence electrons. The van der Waals surface area contributed by atoms with E-state index in [2.05, 4.69) is 0 Å². The minimum atomic E-state index is -1.12. The molecule has 3 atom stereocenters. The van der Waals surface area contributed by atoms with Crippen molar-refractivity contribution in [1.82, 2.24) is 0 Å². The van der Waals surface area contributed by atoms with Crippen molar-refractivity contribution in [3.63, 3.8) is 0 Å². The quantitative estimate of drug-likeness (QED) is 0.336. The highest BCUT2D eigenvalue weighted by Crippen LogP contribution is 2.49. The van der Waals surface area contributed by atoms with Gasteiger partial charge in [-0.3, -0.25) is 24.5 Å². The van der Waals surface area contributed by atoms with E-state index in [4.69, 9.17) is 9.57 Å². The first kappa shape index (κ1) is 20.7. The number of anilines is 2. The average Bonchev–Trinajstić information content (AvgIpc) is 3.35. The summed E-state index contributed by atoms with van der Waals surface area (Å²) in [5.41, 5.74) is 1.10. The molecule has 0 aliphatic carbocycles. The number of fused-ring (bicyclic) bond motifs is 1. The Morgan fingerprint density at radius 2 is 1.61 bits per heavy atom. The summed E-state index contributed by atoms with van der Waals surface area (Å²) < 4.78 is 5.22. The summed E-state index contributed by atoms with van der Waals surface area (Å²) in [4.78, 5) is 45.4. The average molecular weight is 445 g/mol. The number of nitro benzene ring substituents is 1. The summed E-state index contributed by atoms with van der Waals surface area (Å²) >= 11 is 0. The van der Waals surface area contributed by atoms with E-state index in [1.807, 2.05) is 6.07 Å². The second-order valence-electron chi connectivity index (χ2n) is 7.69. The molecule has 3 aromatic carbocycles. The smallest absolute Gasteiger partial charge is 0.274 e. The maximum Gasteiger partial charge on any atom is 0.274 e. The number of imide groups is 1. The zero-order chi connectivity index (χ0) is 23.1. The first-order chi connectivity index (χ1) is 16.0. The lowest BCUT2D eigenvalue weighted by Gasteiger charge is -2.28. The summed E-state index contributed by atoms with van der Waals surface area (Å²) in [5, 5.41) is 13.2. The molecular formula is C24H19N3O6. The number of hydrogen-bond donors (Lipinski definition) is 0. The fourth-order valence-electron chi connectivity index (χ4n) is 4.44. The number of hydroxylamine groups is 1. The summed E-state index contributed by atoms with van der Waals surface area (Å²) in [6.07, 6.45) is -1.12. The normalized spacial score (nSPS) is 21.9. The van der Waals surface area contributed by atoms with Crippen molar-refractivity contribution in [2.45, 2.75) is 12.1 Å². The molecule has 2 aliphatic heterocycles. The van der Waals surface area contributed by atoms with Crippen LogP contribution in [0.2, 0.25) is 0 Å². The van der Waals surface area contributed by atoms with Crippen LogP contribution < -0.4 is 14.7 Å². The van der Waals surface area contributed by atoms with Crippen LogP contribution in [0.25, 0.3) is 0 Å². The minimum absolute atomic E-state index is 0.146. The van der Waals surface area contributed by atoms with Crippen molar-refractivity contribution in [3.8, 4) is 5.75 Å². The summed E-state index contributed by atoms with van der Waals surface area (Å²) in [6.45, 7) is 0. The molecule has 3 aromatic rings. The third kappa shape index (κ3) is 3.30. The SMILES string of the molecule is COc1cccc(N2C(=O)[C@@H]3[C@H](ON(c4ccccc4)[C@H]3c3ccccc3[N+](=O)[O-])C2=O)c1. The van der Waals surface area contributed by atoms with Crippen LogP contribution in [0.15, 0.2) is 78.9 Å². The number of nitro groups is 1. The number of hydrogen-bond acceptors (Lipinski definition) is 7. The number of ether oxygens (including phenoxy) is 1. The van der Waals surface area contributed by atoms with Crippen LogP contribution >= 0.6 is 0 Å². The van der Waals surface area contributed by atoms with Crippen molar-refractivity contribution in [2.75, 3.05) is 17.1 Å². The van der Waals surface area contributed by atoms with E-state index in [0.717, 1.165) is 4.90 Å². The molecule has 9 nitrogen and oxygen atoms in total. The second-order valence-corrected chi connectivity index (χ2v) is 7.69. The van der Waals surface area contributed by atoms with Gasteiger partial charge in [0.2, 0.25) is 5.91 Å². The van der Waals surface area contributed by atoms with Gasteiger partial charge < -0.3 is 4.74 Å². The molecule has 33 heavy (non-hydrogen) atoms. The Morgan fingerprint density at radius 3 is 2.33 bits per heavy atom. The molecule has 0 radical (unpaired) electrons. The first-order valence-electron chi connectivity index (χ1n) is 10.3. The molecule has 2 amide bonds. The number of carbonyl (C=O) groups excluding carboxylic acids is 2. The van der Waals surface area contributed by atoms with E-state index in [1.165, 1.54) is 18.2 Å². The number of benzene rings is 3. The molecular weight excluding hydrogens is 426 g/mol. The van der Waals surface area contributed by atoms with Crippen LogP contribution in [0.5, 0.6) is 5.75 Å². The third-order valence-electron chi connectivity index (χ3n) is 5.89. The lowest BCUT2D eigenvalue weighted by atomic mass is 9.89. The van der Waals surface area contributed by atoms with Crippen molar-refractivity contribution in [2.24, 2.45) is 5.92 Å². The van der Waals surface area contributed by atoms with Crippen LogP contribution in [0.3, 0.4) is 0 Å². The number of methoxy groups -OCH3 is 1. The topological polar surface area (TPSA) is 102 Å². The van der Waals surface area contributed by atoms with E-state index in [-0.39, 0.29) is 5.69 Å². The number of nitrogens with zero attached hydrogens (tertiary/aromatic N) is 3. The summed E-state index contributed by atoms with van der Waals surface area (Å²) in [5.74, 6) is -1.49. The van der Waals surface area contributed by atoms with Crippen molar-refractivity contribution < 1.29 is 24.1 Å². The van der Waals surface area contributed by atoms with Crippen LogP contribution in [0.1, 0.15) is 11.6 Å². The maximum atomic E-state index is 13.6. The Hall–Kier alpha value is -4.24. The largest absolute Gasteiger partial charge is 0.497 e. The van der Waals surface area contributed by atoms with Gasteiger partial charge in [0.25, 0.3) is 11.6 Å². The van der Waals surface area contributed by atoms with Gasteiger partial charge >= 0.3 is 0 Å². The zero-order valence-electron chi connectivity index (χ0n) is 17.5. The van der Waals surface area contributed by atoms with Gasteiger partial charge in [-0.25, -0.2) is 9.96 Å². The van der Waals surface area contributed by atoms with Crippen molar-refractivity contribution >= 4 is 28.9 Å². The molecule has 2 heterocycles. The lowest BCUT2D eigenvalue weighted by Crippen LogP contribution is -2.37. The van der Waals surface area contributed by atoms with Crippen LogP contribution in [-0.4, -0.2) is 30.0 Å². The highest BCUT2D eigenvalue weighted by Gasteiger charge is 2.61. The number of para-hydroxylation sites is 2. The fourth-order valence-corrected chi connectivity index (χ4v) is 4.44. The van der Waals surface area contributed by atoms with Crippen LogP contribution in [0, 0.1) is 16.0 Å². The number of amides is 2. The Labute approximate surface area is 188 Å². The molecule has 9 heteroatoms. The third-order valence-corrected chi connectivity index (χ3v) is 5.89. The van der Waals surface area contributed by atoms with Crippen LogP contribution in [-0.2, 0) is 14.4 Å². The zero-order valence-corrected chi connectivity index (χ0v) is 17.5. The maximum absolute atomic E-state index is 13.6. The molecule has 2 fully saturated rings. The Balaban J connectivity index is 1.63. The number of carbonyl (C=O) groups is 2.